The Morgan fingerprint density at radius 1 is 0.778 bits per heavy atom. The number of hydrogen-bond acceptors (Lipinski definition) is 0. The summed E-state index contributed by atoms with van der Waals surface area (Å²) in [7, 11) is -10.7. The first-order valence-electron chi connectivity index (χ1n) is 1.01. The summed E-state index contributed by atoms with van der Waals surface area (Å²) in [6, 6.07) is 0. The molecule has 0 bridgehead atoms. The average Bonchev–Trinajstić information content (AvgIpc) is 0.592. The van der Waals surface area contributed by atoms with Crippen LogP contribution in [-0.2, 0) is 0 Å². The fraction of sp³-hybridized carbons (Fsp3) is 0. The summed E-state index contributed by atoms with van der Waals surface area (Å²) in [6.45, 7) is 0. The fourth-order valence-electron chi connectivity index (χ4n) is 0. The smallest absolute Gasteiger partial charge is 0 e. The van der Waals surface area contributed by atoms with Crippen LogP contribution in [0.4, 0.5) is 25.2 Å². The van der Waals surface area contributed by atoms with Crippen LogP contribution in [0.25, 0.3) is 0 Å². The molecular weight excluding hydrogens is 406 g/mol. The van der Waals surface area contributed by atoms with Crippen molar-refractivity contribution in [1.29, 1.82) is 0 Å². The van der Waals surface area contributed by atoms with Gasteiger partial charge in [0, 0.05) is 46.9 Å². The average molecular weight is 409 g/mol. The Hall–Kier alpha value is 3.01. The number of rotatable bonds is 0. The van der Waals surface area contributed by atoms with Crippen LogP contribution in [0.2, 0.25) is 0 Å². The van der Waals surface area contributed by atoms with Gasteiger partial charge in [-0.2, -0.15) is 0 Å². The Morgan fingerprint density at radius 2 is 0.778 bits per heavy atom. The molecule has 0 unspecified atom stereocenters. The summed E-state index contributed by atoms with van der Waals surface area (Å²) in [5.41, 5.74) is 0. The van der Waals surface area contributed by atoms with Gasteiger partial charge in [0.15, 0.2) is 0 Å². The molecule has 0 saturated carbocycles. The minimum absolute atomic E-state index is 0. The molecular formula is H3F6PSrYb. The minimum Gasteiger partial charge on any atom is 0 e. The third-order valence-corrected chi connectivity index (χ3v) is 0. The maximum absolute atomic E-state index is 10.7. The van der Waals surface area contributed by atoms with Gasteiger partial charge in [-0.3, -0.25) is 0 Å². The first-order chi connectivity index (χ1) is 2.45. The molecule has 0 nitrogen and oxygen atoms in total. The summed E-state index contributed by atoms with van der Waals surface area (Å²) in [5, 5.41) is 0. The number of hydrogen-bond donors (Lipinski definition) is 0. The van der Waals surface area contributed by atoms with E-state index in [2.05, 4.69) is 0 Å². The molecule has 0 aromatic rings. The molecule has 9 heavy (non-hydrogen) atoms. The molecule has 0 heterocycles. The van der Waals surface area contributed by atoms with E-state index in [4.69, 9.17) is 0 Å². The van der Waals surface area contributed by atoms with E-state index in [-0.39, 0.29) is 93.8 Å². The van der Waals surface area contributed by atoms with Gasteiger partial charge in [0.1, 0.15) is 0 Å². The first kappa shape index (κ1) is 17.9. The van der Waals surface area contributed by atoms with Crippen LogP contribution < -0.4 is 0 Å². The van der Waals surface area contributed by atoms with E-state index in [1.54, 1.807) is 0 Å². The Labute approximate surface area is 124 Å². The van der Waals surface area contributed by atoms with Crippen molar-refractivity contribution in [1.82, 2.24) is 0 Å². The Bertz CT molecular complexity index is 76.3. The van der Waals surface area contributed by atoms with Gasteiger partial charge >= 0.3 is 79.9 Å². The standard InChI is InChI=1S/F6P.Sr.Yb.2H/c1-7(2,3,4,5)6;;;;/q-1;;;;/p+1. The van der Waals surface area contributed by atoms with Crippen molar-refractivity contribution in [3.8, 4) is 0 Å². The van der Waals surface area contributed by atoms with Gasteiger partial charge in [-0.15, -0.1) is 0 Å². The fourth-order valence-corrected chi connectivity index (χ4v) is 0. The predicted molar refractivity (Wildman–Crippen MR) is 23.2 cm³/mol. The maximum Gasteiger partial charge on any atom is 0 e. The third-order valence-electron chi connectivity index (χ3n) is 0. The molecule has 0 aliphatic rings. The molecule has 0 aliphatic heterocycles. The van der Waals surface area contributed by atoms with Gasteiger partial charge in [0.25, 0.3) is 0 Å². The molecule has 0 fully saturated rings. The number of halogens is 6. The molecule has 0 N–H and O–H groups in total. The Morgan fingerprint density at radius 3 is 0.778 bits per heavy atom. The van der Waals surface area contributed by atoms with Gasteiger partial charge < -0.3 is 0 Å². The zero-order valence-electron chi connectivity index (χ0n) is 3.98. The van der Waals surface area contributed by atoms with Gasteiger partial charge in [-0.1, -0.05) is 0 Å². The van der Waals surface area contributed by atoms with Crippen molar-refractivity contribution in [3.05, 3.63) is 0 Å². The molecule has 0 aromatic carbocycles. The molecule has 0 spiro atoms. The van der Waals surface area contributed by atoms with Crippen molar-refractivity contribution in [3.63, 3.8) is 0 Å². The van der Waals surface area contributed by atoms with E-state index in [0.717, 1.165) is 0 Å². The van der Waals surface area contributed by atoms with Crippen LogP contribution in [0.3, 0.4) is 0 Å². The van der Waals surface area contributed by atoms with Crippen molar-refractivity contribution < 1.29 is 73.5 Å². The second-order valence-electron chi connectivity index (χ2n) is 0.958. The van der Waals surface area contributed by atoms with Crippen LogP contribution in [0, 0.1) is 46.9 Å². The summed E-state index contributed by atoms with van der Waals surface area (Å²) in [4.78, 5) is 0. The van der Waals surface area contributed by atoms with Gasteiger partial charge in [0.05, 0.1) is 0 Å². The van der Waals surface area contributed by atoms with Crippen LogP contribution >= 0.6 is 7.81 Å². The SMILES string of the molecule is F[P-](F)(F)(F)(F)F.[H+].[SrH2].[Yb]. The summed E-state index contributed by atoms with van der Waals surface area (Å²) in [5.74, 6) is 0. The van der Waals surface area contributed by atoms with Gasteiger partial charge in [-0.25, -0.2) is 0 Å². The van der Waals surface area contributed by atoms with Crippen LogP contribution in [0.15, 0.2) is 0 Å². The molecule has 0 aromatic heterocycles. The van der Waals surface area contributed by atoms with Crippen molar-refractivity contribution in [2.45, 2.75) is 0 Å². The molecule has 0 amide bonds. The predicted octanol–water partition coefficient (Wildman–Crippen LogP) is 2.58. The summed E-state index contributed by atoms with van der Waals surface area (Å²) < 4.78 is 59.2. The summed E-state index contributed by atoms with van der Waals surface area (Å²) in [6.07, 6.45) is 0. The zero-order valence-corrected chi connectivity index (χ0v) is 5.59. The molecule has 0 radical (unpaired) electrons. The molecule has 0 atom stereocenters. The molecule has 66 valence electrons. The van der Waals surface area contributed by atoms with Crippen LogP contribution in [0.5, 0.6) is 0 Å². The van der Waals surface area contributed by atoms with Crippen LogP contribution in [-0.4, -0.2) is 45.5 Å². The van der Waals surface area contributed by atoms with Crippen LogP contribution in [0.1, 0.15) is 1.43 Å². The van der Waals surface area contributed by atoms with Crippen molar-refractivity contribution >= 4 is 53.3 Å². The zero-order chi connectivity index (χ0) is 6.41. The first-order valence-corrected chi connectivity index (χ1v) is 3.04. The molecule has 0 saturated heterocycles. The second kappa shape index (κ2) is 3.40. The second-order valence-corrected chi connectivity index (χ2v) is 2.87. The largest absolute Gasteiger partial charge is 0 e. The molecule has 9 heteroatoms. The maximum atomic E-state index is 9.87. The van der Waals surface area contributed by atoms with E-state index in [0.29, 0.717) is 0 Å². The topological polar surface area (TPSA) is 0 Å². The quantitative estimate of drug-likeness (QED) is 0.328. The normalized spacial score (nSPS) is 18.0. The molecule has 0 rings (SSSR count). The molecule has 0 aliphatic carbocycles. The third kappa shape index (κ3) is 98.7. The van der Waals surface area contributed by atoms with E-state index >= 15 is 0 Å². The van der Waals surface area contributed by atoms with E-state index in [1.807, 2.05) is 0 Å². The monoisotopic (exact) mass is 410 g/mol. The van der Waals surface area contributed by atoms with Gasteiger partial charge in [0.2, 0.25) is 0 Å². The van der Waals surface area contributed by atoms with Crippen molar-refractivity contribution in [2.75, 3.05) is 0 Å². The van der Waals surface area contributed by atoms with E-state index in [9.17, 15) is 25.2 Å². The Kier molecular flexibility index (Phi) is 6.78. The van der Waals surface area contributed by atoms with Gasteiger partial charge in [-0.05, 0) is 0 Å². The van der Waals surface area contributed by atoms with E-state index in [1.165, 1.54) is 0 Å². The van der Waals surface area contributed by atoms with Crippen molar-refractivity contribution in [2.24, 2.45) is 0 Å². The Balaban J connectivity index is -0.0000000600. The minimum atomic E-state index is -10.7. The summed E-state index contributed by atoms with van der Waals surface area (Å²) >= 11 is 0. The van der Waals surface area contributed by atoms with E-state index < -0.39 is 7.81 Å².